The van der Waals surface area contributed by atoms with Gasteiger partial charge in [-0.25, -0.2) is 0 Å². The number of oxime groups is 1. The molecule has 0 aromatic heterocycles. The van der Waals surface area contributed by atoms with Crippen molar-refractivity contribution in [2.75, 3.05) is 0 Å². The van der Waals surface area contributed by atoms with E-state index in [2.05, 4.69) is 8.69 Å². The van der Waals surface area contributed by atoms with Crippen molar-refractivity contribution in [1.82, 2.24) is 3.53 Å². The predicted molar refractivity (Wildman–Crippen MR) is 32.4 cm³/mol. The van der Waals surface area contributed by atoms with Gasteiger partial charge in [-0.2, -0.15) is 0 Å². The third-order valence-corrected chi connectivity index (χ3v) is 0.800. The first-order chi connectivity index (χ1) is 3.31. The summed E-state index contributed by atoms with van der Waals surface area (Å²) in [6, 6.07) is 0. The number of amides is 1. The molecule has 0 saturated carbocycles. The SMILES string of the molecule is O=C(/C=N/O)NI. The smallest absolute Gasteiger partial charge is 0.274 e. The van der Waals surface area contributed by atoms with E-state index in [9.17, 15) is 4.79 Å². The van der Waals surface area contributed by atoms with Gasteiger partial charge < -0.3 is 5.21 Å². The Labute approximate surface area is 54.1 Å². The van der Waals surface area contributed by atoms with Gasteiger partial charge in [0.1, 0.15) is 6.21 Å². The van der Waals surface area contributed by atoms with Crippen molar-refractivity contribution in [1.29, 1.82) is 0 Å². The summed E-state index contributed by atoms with van der Waals surface area (Å²) in [6.45, 7) is 0. The molecule has 4 nitrogen and oxygen atoms in total. The molecule has 0 saturated heterocycles. The molecule has 0 rings (SSSR count). The van der Waals surface area contributed by atoms with Crippen LogP contribution in [-0.4, -0.2) is 17.3 Å². The van der Waals surface area contributed by atoms with E-state index in [0.29, 0.717) is 0 Å². The molecule has 5 heteroatoms. The van der Waals surface area contributed by atoms with Crippen LogP contribution in [0.2, 0.25) is 0 Å². The number of rotatable bonds is 1. The molecule has 0 atom stereocenters. The van der Waals surface area contributed by atoms with Gasteiger partial charge in [0, 0.05) is 0 Å². The van der Waals surface area contributed by atoms with E-state index >= 15 is 0 Å². The zero-order valence-corrected chi connectivity index (χ0v) is 5.42. The van der Waals surface area contributed by atoms with Crippen LogP contribution in [0.4, 0.5) is 0 Å². The molecule has 0 spiro atoms. The summed E-state index contributed by atoms with van der Waals surface area (Å²) >= 11 is 1.63. The fraction of sp³-hybridized carbons (Fsp3) is 0. The van der Waals surface area contributed by atoms with Crippen molar-refractivity contribution >= 4 is 35.0 Å². The molecule has 0 aromatic rings. The van der Waals surface area contributed by atoms with E-state index in [-0.39, 0.29) is 0 Å². The first kappa shape index (κ1) is 6.67. The van der Waals surface area contributed by atoms with Crippen LogP contribution in [0.25, 0.3) is 0 Å². The van der Waals surface area contributed by atoms with E-state index in [0.717, 1.165) is 6.21 Å². The zero-order chi connectivity index (χ0) is 5.70. The summed E-state index contributed by atoms with van der Waals surface area (Å²) in [5, 5.41) is 10.1. The topological polar surface area (TPSA) is 61.7 Å². The second-order valence-electron chi connectivity index (χ2n) is 0.703. The number of nitrogens with one attached hydrogen (secondary N) is 1. The van der Waals surface area contributed by atoms with Crippen molar-refractivity contribution in [3.05, 3.63) is 0 Å². The minimum absolute atomic E-state index is 0.428. The Hall–Kier alpha value is -0.330. The Bertz CT molecular complexity index is 91.7. The second-order valence-corrected chi connectivity index (χ2v) is 1.24. The molecule has 0 aliphatic heterocycles. The van der Waals surface area contributed by atoms with Crippen LogP contribution < -0.4 is 3.53 Å². The van der Waals surface area contributed by atoms with Gasteiger partial charge in [-0.05, 0) is 0 Å². The van der Waals surface area contributed by atoms with Gasteiger partial charge in [0.15, 0.2) is 0 Å². The average molecular weight is 214 g/mol. The van der Waals surface area contributed by atoms with Crippen molar-refractivity contribution in [3.8, 4) is 0 Å². The maximum atomic E-state index is 9.98. The molecule has 0 fully saturated rings. The summed E-state index contributed by atoms with van der Waals surface area (Å²) in [6.07, 6.45) is 0.770. The molecule has 0 unspecified atom stereocenters. The largest absolute Gasteiger partial charge is 0.411 e. The first-order valence-corrected chi connectivity index (χ1v) is 2.47. The number of carbonyl (C=O) groups excluding carboxylic acids is 1. The lowest BCUT2D eigenvalue weighted by molar-refractivity contribution is -0.112. The second kappa shape index (κ2) is 3.85. The van der Waals surface area contributed by atoms with Gasteiger partial charge >= 0.3 is 0 Å². The highest BCUT2D eigenvalue weighted by atomic mass is 127. The monoisotopic (exact) mass is 214 g/mol. The minimum Gasteiger partial charge on any atom is -0.411 e. The fourth-order valence-electron chi connectivity index (χ4n) is 0.0768. The highest BCUT2D eigenvalue weighted by Gasteiger charge is 1.86. The lowest BCUT2D eigenvalue weighted by Crippen LogP contribution is -2.11. The Morgan fingerprint density at radius 1 is 2.00 bits per heavy atom. The Kier molecular flexibility index (Phi) is 3.67. The average Bonchev–Trinajstić information content (AvgIpc) is 1.68. The van der Waals surface area contributed by atoms with E-state index in [1.807, 2.05) is 0 Å². The number of carbonyl (C=O) groups is 1. The Balaban J connectivity index is 3.37. The van der Waals surface area contributed by atoms with Gasteiger partial charge in [0.25, 0.3) is 5.91 Å². The maximum absolute atomic E-state index is 9.98. The predicted octanol–water partition coefficient (Wildman–Crippen LogP) is -0.0874. The maximum Gasteiger partial charge on any atom is 0.274 e. The van der Waals surface area contributed by atoms with Gasteiger partial charge in [-0.1, -0.05) is 5.16 Å². The highest BCUT2D eigenvalue weighted by molar-refractivity contribution is 14.1. The van der Waals surface area contributed by atoms with Gasteiger partial charge in [-0.3, -0.25) is 8.32 Å². The van der Waals surface area contributed by atoms with Crippen LogP contribution in [0.15, 0.2) is 5.16 Å². The molecule has 0 radical (unpaired) electrons. The number of halogens is 1. The number of hydrogen-bond donors (Lipinski definition) is 2. The molecule has 0 bridgehead atoms. The quantitative estimate of drug-likeness (QED) is 0.211. The van der Waals surface area contributed by atoms with Crippen LogP contribution in [-0.2, 0) is 4.79 Å². The Morgan fingerprint density at radius 3 is 2.71 bits per heavy atom. The lowest BCUT2D eigenvalue weighted by atomic mass is 10.7. The van der Waals surface area contributed by atoms with E-state index in [1.165, 1.54) is 0 Å². The third-order valence-electron chi connectivity index (χ3n) is 0.268. The first-order valence-electron chi connectivity index (χ1n) is 1.39. The normalized spacial score (nSPS) is 9.29. The molecule has 40 valence electrons. The summed E-state index contributed by atoms with van der Waals surface area (Å²) in [7, 11) is 0. The standard InChI is InChI=1S/C2H3IN2O2/c3-5-2(6)1-4-7/h1,7H,(H,5,6)/b4-1+. The van der Waals surface area contributed by atoms with Crippen molar-refractivity contribution in [2.45, 2.75) is 0 Å². The van der Waals surface area contributed by atoms with Crippen LogP contribution in [0, 0.1) is 0 Å². The summed E-state index contributed by atoms with van der Waals surface area (Å²) < 4.78 is 2.19. The molecular weight excluding hydrogens is 211 g/mol. The Morgan fingerprint density at radius 2 is 2.57 bits per heavy atom. The molecule has 7 heavy (non-hydrogen) atoms. The fourth-order valence-corrected chi connectivity index (χ4v) is 0.216. The molecule has 1 amide bonds. The van der Waals surface area contributed by atoms with Gasteiger partial charge in [0.05, 0.1) is 22.9 Å². The van der Waals surface area contributed by atoms with Gasteiger partial charge in [0.2, 0.25) is 0 Å². The van der Waals surface area contributed by atoms with Crippen LogP contribution in [0.3, 0.4) is 0 Å². The molecular formula is C2H3IN2O2. The molecule has 0 aromatic carbocycles. The number of hydrogen-bond acceptors (Lipinski definition) is 3. The summed E-state index contributed by atoms with van der Waals surface area (Å²) in [5.74, 6) is -0.428. The molecule has 0 heterocycles. The van der Waals surface area contributed by atoms with E-state index < -0.39 is 5.91 Å². The summed E-state index contributed by atoms with van der Waals surface area (Å²) in [4.78, 5) is 9.98. The van der Waals surface area contributed by atoms with Crippen molar-refractivity contribution in [2.24, 2.45) is 5.16 Å². The number of nitrogens with zero attached hydrogens (tertiary/aromatic N) is 1. The highest BCUT2D eigenvalue weighted by Crippen LogP contribution is 1.66. The van der Waals surface area contributed by atoms with Crippen molar-refractivity contribution in [3.63, 3.8) is 0 Å². The third kappa shape index (κ3) is 3.50. The molecule has 0 aliphatic carbocycles. The summed E-state index contributed by atoms with van der Waals surface area (Å²) in [5.41, 5.74) is 0. The van der Waals surface area contributed by atoms with Crippen molar-refractivity contribution < 1.29 is 10.0 Å². The van der Waals surface area contributed by atoms with Crippen LogP contribution in [0.5, 0.6) is 0 Å². The van der Waals surface area contributed by atoms with Crippen LogP contribution in [0.1, 0.15) is 0 Å². The molecule has 2 N–H and O–H groups in total. The zero-order valence-electron chi connectivity index (χ0n) is 3.26. The van der Waals surface area contributed by atoms with E-state index in [1.54, 1.807) is 22.9 Å². The van der Waals surface area contributed by atoms with Gasteiger partial charge in [-0.15, -0.1) is 0 Å². The lowest BCUT2D eigenvalue weighted by Gasteiger charge is -1.80. The molecule has 0 aliphatic rings. The van der Waals surface area contributed by atoms with Crippen LogP contribution >= 0.6 is 22.9 Å². The minimum atomic E-state index is -0.428. The van der Waals surface area contributed by atoms with E-state index in [4.69, 9.17) is 5.21 Å².